The van der Waals surface area contributed by atoms with Gasteiger partial charge in [-0.15, -0.1) is 0 Å². The van der Waals surface area contributed by atoms with E-state index >= 15 is 0 Å². The van der Waals surface area contributed by atoms with Crippen molar-refractivity contribution in [3.05, 3.63) is 34.9 Å². The molecule has 1 aromatic rings. The zero-order valence-corrected chi connectivity index (χ0v) is 11.1. The number of rotatable bonds is 3. The molecule has 0 aliphatic carbocycles. The first-order valence-corrected chi connectivity index (χ1v) is 6.43. The highest BCUT2D eigenvalue weighted by Crippen LogP contribution is 2.13. The topological polar surface area (TPSA) is 69.6 Å². The Morgan fingerprint density at radius 2 is 2.26 bits per heavy atom. The molecule has 6 heteroatoms. The van der Waals surface area contributed by atoms with Crippen molar-refractivity contribution < 1.29 is 14.7 Å². The number of hydrogen-bond donors (Lipinski definition) is 2. The predicted molar refractivity (Wildman–Crippen MR) is 71.2 cm³/mol. The number of nitrogens with one attached hydrogen (secondary N) is 1. The number of amides is 1. The summed E-state index contributed by atoms with van der Waals surface area (Å²) in [5, 5.41) is 12.7. The molecule has 1 unspecified atom stereocenters. The third-order valence-electron chi connectivity index (χ3n) is 3.09. The molecule has 1 heterocycles. The molecule has 0 bridgehead atoms. The van der Waals surface area contributed by atoms with Gasteiger partial charge in [-0.3, -0.25) is 4.79 Å². The second kappa shape index (κ2) is 6.04. The minimum absolute atomic E-state index is 0.171. The van der Waals surface area contributed by atoms with E-state index in [1.807, 2.05) is 6.07 Å². The second-order valence-electron chi connectivity index (χ2n) is 4.45. The van der Waals surface area contributed by atoms with Gasteiger partial charge in [-0.1, -0.05) is 23.7 Å². The lowest BCUT2D eigenvalue weighted by molar-refractivity contribution is -0.150. The summed E-state index contributed by atoms with van der Waals surface area (Å²) in [5.41, 5.74) is 0.792. The summed E-state index contributed by atoms with van der Waals surface area (Å²) in [7, 11) is 0. The summed E-state index contributed by atoms with van der Waals surface area (Å²) in [5.74, 6) is -1.16. The third-order valence-corrected chi connectivity index (χ3v) is 3.33. The molecule has 0 spiro atoms. The highest BCUT2D eigenvalue weighted by molar-refractivity contribution is 6.30. The highest BCUT2D eigenvalue weighted by Gasteiger charge is 2.31. The summed E-state index contributed by atoms with van der Waals surface area (Å²) in [4.78, 5) is 24.7. The Morgan fingerprint density at radius 3 is 2.95 bits per heavy atom. The first kappa shape index (κ1) is 13.8. The smallest absolute Gasteiger partial charge is 0.327 e. The predicted octanol–water partition coefficient (Wildman–Crippen LogP) is 0.768. The SMILES string of the molecule is O=C(O)C1CNCCN1C(=O)Cc1cccc(Cl)c1. The van der Waals surface area contributed by atoms with Crippen LogP contribution in [0.5, 0.6) is 0 Å². The Morgan fingerprint density at radius 1 is 1.47 bits per heavy atom. The molecule has 1 aliphatic heterocycles. The van der Waals surface area contributed by atoms with Gasteiger partial charge in [0.15, 0.2) is 0 Å². The molecule has 1 atom stereocenters. The molecule has 5 nitrogen and oxygen atoms in total. The lowest BCUT2D eigenvalue weighted by Gasteiger charge is -2.33. The van der Waals surface area contributed by atoms with Crippen molar-refractivity contribution in [2.24, 2.45) is 0 Å². The largest absolute Gasteiger partial charge is 0.480 e. The third kappa shape index (κ3) is 3.45. The van der Waals surface area contributed by atoms with Crippen LogP contribution in [-0.4, -0.2) is 47.6 Å². The maximum absolute atomic E-state index is 12.2. The van der Waals surface area contributed by atoms with Gasteiger partial charge >= 0.3 is 5.97 Å². The monoisotopic (exact) mass is 282 g/mol. The van der Waals surface area contributed by atoms with Gasteiger partial charge in [0.25, 0.3) is 0 Å². The van der Waals surface area contributed by atoms with Crippen molar-refractivity contribution in [3.63, 3.8) is 0 Å². The number of halogens is 1. The van der Waals surface area contributed by atoms with Crippen LogP contribution >= 0.6 is 11.6 Å². The average molecular weight is 283 g/mol. The van der Waals surface area contributed by atoms with E-state index in [4.69, 9.17) is 16.7 Å². The molecule has 0 radical (unpaired) electrons. The van der Waals surface area contributed by atoms with Crippen LogP contribution < -0.4 is 5.32 Å². The van der Waals surface area contributed by atoms with Crippen LogP contribution in [0.2, 0.25) is 5.02 Å². The maximum atomic E-state index is 12.2. The fourth-order valence-corrected chi connectivity index (χ4v) is 2.36. The molecule has 0 saturated carbocycles. The second-order valence-corrected chi connectivity index (χ2v) is 4.89. The number of carbonyl (C=O) groups excluding carboxylic acids is 1. The highest BCUT2D eigenvalue weighted by atomic mass is 35.5. The molecule has 2 rings (SSSR count). The standard InChI is InChI=1S/C13H15ClN2O3/c14-10-3-1-2-9(6-10)7-12(17)16-5-4-15-8-11(16)13(18)19/h1-3,6,11,15H,4-5,7-8H2,(H,18,19). The molecule has 1 aromatic carbocycles. The van der Waals surface area contributed by atoms with Gasteiger partial charge in [-0.2, -0.15) is 0 Å². The van der Waals surface area contributed by atoms with E-state index in [9.17, 15) is 9.59 Å². The van der Waals surface area contributed by atoms with Crippen LogP contribution in [0.25, 0.3) is 0 Å². The van der Waals surface area contributed by atoms with Gasteiger partial charge in [-0.05, 0) is 17.7 Å². The summed E-state index contributed by atoms with van der Waals surface area (Å²) >= 11 is 5.86. The van der Waals surface area contributed by atoms with E-state index in [1.54, 1.807) is 18.2 Å². The van der Waals surface area contributed by atoms with Crippen molar-refractivity contribution >= 4 is 23.5 Å². The maximum Gasteiger partial charge on any atom is 0.327 e. The minimum atomic E-state index is -0.980. The molecular formula is C13H15ClN2O3. The molecule has 1 amide bonds. The van der Waals surface area contributed by atoms with Crippen LogP contribution in [0.15, 0.2) is 24.3 Å². The van der Waals surface area contributed by atoms with E-state index in [0.717, 1.165) is 5.56 Å². The quantitative estimate of drug-likeness (QED) is 0.859. The number of carbonyl (C=O) groups is 2. The number of carboxylic acids is 1. The number of piperazine rings is 1. The lowest BCUT2D eigenvalue weighted by atomic mass is 10.1. The molecule has 1 aliphatic rings. The van der Waals surface area contributed by atoms with Crippen LogP contribution in [0.3, 0.4) is 0 Å². The van der Waals surface area contributed by atoms with E-state index in [2.05, 4.69) is 5.32 Å². The van der Waals surface area contributed by atoms with Crippen molar-refractivity contribution in [1.82, 2.24) is 10.2 Å². The zero-order chi connectivity index (χ0) is 13.8. The van der Waals surface area contributed by atoms with Crippen LogP contribution in [0, 0.1) is 0 Å². The fourth-order valence-electron chi connectivity index (χ4n) is 2.15. The van der Waals surface area contributed by atoms with Gasteiger partial charge < -0.3 is 15.3 Å². The molecule has 0 aromatic heterocycles. The number of nitrogens with zero attached hydrogens (tertiary/aromatic N) is 1. The molecule has 1 fully saturated rings. The van der Waals surface area contributed by atoms with E-state index in [1.165, 1.54) is 4.90 Å². The van der Waals surface area contributed by atoms with E-state index in [-0.39, 0.29) is 18.9 Å². The van der Waals surface area contributed by atoms with Crippen molar-refractivity contribution in [2.45, 2.75) is 12.5 Å². The Labute approximate surface area is 116 Å². The number of carboxylic acid groups (broad SMARTS) is 1. The van der Waals surface area contributed by atoms with Crippen LogP contribution in [-0.2, 0) is 16.0 Å². The van der Waals surface area contributed by atoms with Crippen molar-refractivity contribution in [3.8, 4) is 0 Å². The first-order valence-electron chi connectivity index (χ1n) is 6.05. The number of benzene rings is 1. The first-order chi connectivity index (χ1) is 9.08. The summed E-state index contributed by atoms with van der Waals surface area (Å²) < 4.78 is 0. The van der Waals surface area contributed by atoms with Gasteiger partial charge in [0.2, 0.25) is 5.91 Å². The zero-order valence-electron chi connectivity index (χ0n) is 10.3. The summed E-state index contributed by atoms with van der Waals surface area (Å²) in [6, 6.07) is 6.25. The molecule has 1 saturated heterocycles. The normalized spacial score (nSPS) is 19.2. The van der Waals surface area contributed by atoms with Gasteiger partial charge in [0.1, 0.15) is 6.04 Å². The van der Waals surface area contributed by atoms with Gasteiger partial charge in [-0.25, -0.2) is 4.79 Å². The average Bonchev–Trinajstić information content (AvgIpc) is 2.38. The minimum Gasteiger partial charge on any atom is -0.480 e. The van der Waals surface area contributed by atoms with E-state index < -0.39 is 12.0 Å². The fraction of sp³-hybridized carbons (Fsp3) is 0.385. The molecule has 2 N–H and O–H groups in total. The molecule has 19 heavy (non-hydrogen) atoms. The van der Waals surface area contributed by atoms with Crippen LogP contribution in [0.4, 0.5) is 0 Å². The lowest BCUT2D eigenvalue weighted by Crippen LogP contribution is -2.57. The molecular weight excluding hydrogens is 268 g/mol. The number of aliphatic carboxylic acids is 1. The summed E-state index contributed by atoms with van der Waals surface area (Å²) in [6.45, 7) is 1.32. The Kier molecular flexibility index (Phi) is 4.39. The van der Waals surface area contributed by atoms with Gasteiger partial charge in [0, 0.05) is 24.7 Å². The van der Waals surface area contributed by atoms with Gasteiger partial charge in [0.05, 0.1) is 6.42 Å². The van der Waals surface area contributed by atoms with Crippen molar-refractivity contribution in [1.29, 1.82) is 0 Å². The Bertz CT molecular complexity index is 493. The van der Waals surface area contributed by atoms with E-state index in [0.29, 0.717) is 18.1 Å². The van der Waals surface area contributed by atoms with Crippen molar-refractivity contribution in [2.75, 3.05) is 19.6 Å². The molecule has 102 valence electrons. The summed E-state index contributed by atoms with van der Waals surface area (Å²) in [6.07, 6.45) is 0.171. The van der Waals surface area contributed by atoms with Crippen LogP contribution in [0.1, 0.15) is 5.56 Å². The Balaban J connectivity index is 2.07. The Hall–Kier alpha value is -1.59. The number of hydrogen-bond acceptors (Lipinski definition) is 3.